The number of anilines is 1. The van der Waals surface area contributed by atoms with Gasteiger partial charge >= 0.3 is 0 Å². The minimum atomic E-state index is -0.840. The van der Waals surface area contributed by atoms with E-state index < -0.39 is 17.4 Å². The number of hydrogen-bond donors (Lipinski definition) is 1. The standard InChI is InChI=1S/C16H16ClF2NO/c1-8(2)11-7-15(9(3)4-12(11)17)21-16-13(18)5-10(20)6-14(16)19/h4-8H,20H2,1-3H3. The van der Waals surface area contributed by atoms with E-state index in [0.717, 1.165) is 17.7 Å². The molecule has 112 valence electrons. The molecule has 2 aromatic carbocycles. The Balaban J connectivity index is 2.47. The fourth-order valence-corrected chi connectivity index (χ4v) is 2.44. The van der Waals surface area contributed by atoms with E-state index in [1.807, 2.05) is 13.8 Å². The molecule has 0 aromatic heterocycles. The van der Waals surface area contributed by atoms with E-state index in [1.165, 1.54) is 0 Å². The molecule has 0 bridgehead atoms. The van der Waals surface area contributed by atoms with E-state index in [0.29, 0.717) is 16.3 Å². The van der Waals surface area contributed by atoms with Gasteiger partial charge in [-0.3, -0.25) is 0 Å². The second kappa shape index (κ2) is 5.90. The number of hydrogen-bond acceptors (Lipinski definition) is 2. The minimum absolute atomic E-state index is 0.00745. The number of ether oxygens (including phenoxy) is 1. The lowest BCUT2D eigenvalue weighted by Gasteiger charge is -2.15. The zero-order valence-corrected chi connectivity index (χ0v) is 12.8. The predicted molar refractivity (Wildman–Crippen MR) is 81.1 cm³/mol. The van der Waals surface area contributed by atoms with Gasteiger partial charge in [0.25, 0.3) is 0 Å². The summed E-state index contributed by atoms with van der Waals surface area (Å²) < 4.78 is 33.0. The van der Waals surface area contributed by atoms with Crippen LogP contribution >= 0.6 is 11.6 Å². The lowest BCUT2D eigenvalue weighted by Crippen LogP contribution is -1.98. The first-order valence-electron chi connectivity index (χ1n) is 6.52. The molecule has 0 unspecified atom stereocenters. The second-order valence-electron chi connectivity index (χ2n) is 5.21. The molecule has 2 aromatic rings. The Morgan fingerprint density at radius 3 is 2.19 bits per heavy atom. The summed E-state index contributed by atoms with van der Waals surface area (Å²) in [5, 5.41) is 0.605. The average molecular weight is 312 g/mol. The summed E-state index contributed by atoms with van der Waals surface area (Å²) in [5.74, 6) is -1.61. The molecule has 0 amide bonds. The van der Waals surface area contributed by atoms with Crippen LogP contribution in [0.4, 0.5) is 14.5 Å². The molecule has 0 fully saturated rings. The molecule has 0 atom stereocenters. The van der Waals surface area contributed by atoms with Gasteiger partial charge in [-0.05, 0) is 36.1 Å². The first-order valence-corrected chi connectivity index (χ1v) is 6.89. The topological polar surface area (TPSA) is 35.2 Å². The lowest BCUT2D eigenvalue weighted by molar-refractivity contribution is 0.405. The van der Waals surface area contributed by atoms with Gasteiger partial charge in [0.15, 0.2) is 17.4 Å². The van der Waals surface area contributed by atoms with Crippen molar-refractivity contribution in [3.8, 4) is 11.5 Å². The molecule has 0 heterocycles. The van der Waals surface area contributed by atoms with E-state index in [-0.39, 0.29) is 11.6 Å². The van der Waals surface area contributed by atoms with Crippen LogP contribution in [-0.2, 0) is 0 Å². The number of rotatable bonds is 3. The van der Waals surface area contributed by atoms with Crippen LogP contribution in [0, 0.1) is 18.6 Å². The number of benzene rings is 2. The fourth-order valence-electron chi connectivity index (χ4n) is 2.01. The Morgan fingerprint density at radius 1 is 1.10 bits per heavy atom. The molecular formula is C16H16ClF2NO. The van der Waals surface area contributed by atoms with Crippen molar-refractivity contribution in [1.82, 2.24) is 0 Å². The number of nitrogens with two attached hydrogens (primary N) is 1. The Labute approximate surface area is 127 Å². The Kier molecular flexibility index (Phi) is 4.37. The quantitative estimate of drug-likeness (QED) is 0.768. The fraction of sp³-hybridized carbons (Fsp3) is 0.250. The lowest BCUT2D eigenvalue weighted by atomic mass is 10.0. The van der Waals surface area contributed by atoms with E-state index in [2.05, 4.69) is 0 Å². The third-order valence-electron chi connectivity index (χ3n) is 3.15. The number of nitrogen functional groups attached to an aromatic ring is 1. The molecule has 5 heteroatoms. The summed E-state index contributed by atoms with van der Waals surface area (Å²) in [6, 6.07) is 5.47. The van der Waals surface area contributed by atoms with E-state index in [1.54, 1.807) is 19.1 Å². The molecule has 0 spiro atoms. The molecule has 21 heavy (non-hydrogen) atoms. The SMILES string of the molecule is Cc1cc(Cl)c(C(C)C)cc1Oc1c(F)cc(N)cc1F. The molecule has 2 N–H and O–H groups in total. The molecule has 2 nitrogen and oxygen atoms in total. The summed E-state index contributed by atoms with van der Waals surface area (Å²) >= 11 is 6.16. The van der Waals surface area contributed by atoms with Gasteiger partial charge in [-0.15, -0.1) is 0 Å². The zero-order chi connectivity index (χ0) is 15.7. The van der Waals surface area contributed by atoms with Crippen molar-refractivity contribution in [2.45, 2.75) is 26.7 Å². The van der Waals surface area contributed by atoms with Gasteiger partial charge in [-0.25, -0.2) is 8.78 Å². The van der Waals surface area contributed by atoms with Crippen molar-refractivity contribution in [3.63, 3.8) is 0 Å². The molecular weight excluding hydrogens is 296 g/mol. The van der Waals surface area contributed by atoms with Crippen LogP contribution in [0.1, 0.15) is 30.9 Å². The third-order valence-corrected chi connectivity index (χ3v) is 3.48. The van der Waals surface area contributed by atoms with E-state index >= 15 is 0 Å². The highest BCUT2D eigenvalue weighted by Crippen LogP contribution is 2.36. The molecule has 0 radical (unpaired) electrons. The van der Waals surface area contributed by atoms with E-state index in [9.17, 15) is 8.78 Å². The first-order chi connectivity index (χ1) is 9.79. The Morgan fingerprint density at radius 2 is 1.67 bits per heavy atom. The van der Waals surface area contributed by atoms with Gasteiger partial charge in [0.1, 0.15) is 5.75 Å². The molecule has 0 aliphatic rings. The summed E-state index contributed by atoms with van der Waals surface area (Å²) in [7, 11) is 0. The Bertz CT molecular complexity index is 663. The highest BCUT2D eigenvalue weighted by Gasteiger charge is 2.16. The summed E-state index contributed by atoms with van der Waals surface area (Å²) in [4.78, 5) is 0. The van der Waals surface area contributed by atoms with Crippen LogP contribution in [0.5, 0.6) is 11.5 Å². The number of aryl methyl sites for hydroxylation is 1. The maximum absolute atomic E-state index is 13.8. The maximum atomic E-state index is 13.8. The molecule has 0 saturated heterocycles. The van der Waals surface area contributed by atoms with Crippen molar-refractivity contribution in [1.29, 1.82) is 0 Å². The molecule has 0 saturated carbocycles. The maximum Gasteiger partial charge on any atom is 0.198 e. The summed E-state index contributed by atoms with van der Waals surface area (Å²) in [6.45, 7) is 5.72. The molecule has 2 rings (SSSR count). The van der Waals surface area contributed by atoms with Crippen LogP contribution < -0.4 is 10.5 Å². The second-order valence-corrected chi connectivity index (χ2v) is 5.62. The number of halogens is 3. The highest BCUT2D eigenvalue weighted by atomic mass is 35.5. The average Bonchev–Trinajstić information content (AvgIpc) is 2.35. The van der Waals surface area contributed by atoms with Crippen LogP contribution in [0.2, 0.25) is 5.02 Å². The summed E-state index contributed by atoms with van der Waals surface area (Å²) in [5.41, 5.74) is 6.94. The van der Waals surface area contributed by atoms with Gasteiger partial charge in [0, 0.05) is 22.8 Å². The third kappa shape index (κ3) is 3.27. The Hall–Kier alpha value is -1.81. The predicted octanol–water partition coefficient (Wildman–Crippen LogP) is 5.42. The van der Waals surface area contributed by atoms with Gasteiger partial charge in [-0.1, -0.05) is 25.4 Å². The molecule has 0 aliphatic carbocycles. The van der Waals surface area contributed by atoms with Gasteiger partial charge in [-0.2, -0.15) is 0 Å². The van der Waals surface area contributed by atoms with E-state index in [4.69, 9.17) is 22.1 Å². The van der Waals surface area contributed by atoms with Crippen molar-refractivity contribution in [3.05, 3.63) is 52.0 Å². The zero-order valence-electron chi connectivity index (χ0n) is 12.0. The van der Waals surface area contributed by atoms with Gasteiger partial charge in [0.2, 0.25) is 0 Å². The summed E-state index contributed by atoms with van der Waals surface area (Å²) in [6.07, 6.45) is 0. The van der Waals surface area contributed by atoms with Crippen LogP contribution in [0.15, 0.2) is 24.3 Å². The minimum Gasteiger partial charge on any atom is -0.451 e. The smallest absolute Gasteiger partial charge is 0.198 e. The van der Waals surface area contributed by atoms with Crippen molar-refractivity contribution < 1.29 is 13.5 Å². The highest BCUT2D eigenvalue weighted by molar-refractivity contribution is 6.31. The van der Waals surface area contributed by atoms with Gasteiger partial charge < -0.3 is 10.5 Å². The van der Waals surface area contributed by atoms with Crippen molar-refractivity contribution >= 4 is 17.3 Å². The monoisotopic (exact) mass is 311 g/mol. The van der Waals surface area contributed by atoms with Gasteiger partial charge in [0.05, 0.1) is 0 Å². The van der Waals surface area contributed by atoms with Crippen molar-refractivity contribution in [2.24, 2.45) is 0 Å². The van der Waals surface area contributed by atoms with Crippen LogP contribution in [-0.4, -0.2) is 0 Å². The normalized spacial score (nSPS) is 11.0. The van der Waals surface area contributed by atoms with Crippen molar-refractivity contribution in [2.75, 3.05) is 5.73 Å². The first kappa shape index (κ1) is 15.6. The largest absolute Gasteiger partial charge is 0.451 e. The van der Waals surface area contributed by atoms with Crippen LogP contribution in [0.25, 0.3) is 0 Å². The molecule has 0 aliphatic heterocycles. The van der Waals surface area contributed by atoms with Crippen LogP contribution in [0.3, 0.4) is 0 Å².